The zero-order valence-corrected chi connectivity index (χ0v) is 10.2. The molecule has 1 heterocycles. The lowest BCUT2D eigenvalue weighted by Crippen LogP contribution is -2.26. The van der Waals surface area contributed by atoms with Gasteiger partial charge in [-0.3, -0.25) is 9.89 Å². The second-order valence-corrected chi connectivity index (χ2v) is 4.64. The number of carbonyl (C=O) groups excluding carboxylic acids is 1. The summed E-state index contributed by atoms with van der Waals surface area (Å²) in [5.74, 6) is 1.26. The second kappa shape index (κ2) is 4.33. The first-order chi connectivity index (χ1) is 8.78. The van der Waals surface area contributed by atoms with Gasteiger partial charge in [-0.1, -0.05) is 0 Å². The number of hydrogen-bond donors (Lipinski definition) is 2. The van der Waals surface area contributed by atoms with E-state index in [1.807, 2.05) is 18.2 Å². The topological polar surface area (TPSA) is 67.0 Å². The molecule has 94 valence electrons. The summed E-state index contributed by atoms with van der Waals surface area (Å²) < 4.78 is 5.16. The van der Waals surface area contributed by atoms with Crippen molar-refractivity contribution >= 4 is 16.8 Å². The van der Waals surface area contributed by atoms with Crippen LogP contribution in [0.4, 0.5) is 0 Å². The molecule has 0 radical (unpaired) electrons. The summed E-state index contributed by atoms with van der Waals surface area (Å²) in [4.78, 5) is 12.0. The number of carbonyl (C=O) groups is 1. The summed E-state index contributed by atoms with van der Waals surface area (Å²) in [5.41, 5.74) is 1.27. The lowest BCUT2D eigenvalue weighted by Gasteiger charge is -2.02. The predicted octanol–water partition coefficient (Wildman–Crippen LogP) is 1.71. The maximum atomic E-state index is 12.0. The molecule has 3 rings (SSSR count). The zero-order valence-electron chi connectivity index (χ0n) is 10.2. The zero-order chi connectivity index (χ0) is 12.5. The van der Waals surface area contributed by atoms with Crippen LogP contribution in [-0.4, -0.2) is 29.8 Å². The summed E-state index contributed by atoms with van der Waals surface area (Å²) in [6, 6.07) is 5.52. The van der Waals surface area contributed by atoms with Crippen molar-refractivity contribution in [2.24, 2.45) is 5.92 Å². The Hall–Kier alpha value is -2.04. The van der Waals surface area contributed by atoms with E-state index in [1.165, 1.54) is 12.8 Å². The van der Waals surface area contributed by atoms with E-state index >= 15 is 0 Å². The smallest absolute Gasteiger partial charge is 0.272 e. The molecular formula is C13H15N3O2. The van der Waals surface area contributed by atoms with Gasteiger partial charge in [0.05, 0.1) is 12.6 Å². The van der Waals surface area contributed by atoms with Crippen LogP contribution in [0.1, 0.15) is 23.3 Å². The standard InChI is InChI=1S/C13H15N3O2/c1-18-9-4-5-11-10(6-9)12(16-15-11)13(17)14-7-8-2-3-8/h4-6,8H,2-3,7H2,1H3,(H,14,17)(H,15,16). The first-order valence-electron chi connectivity index (χ1n) is 6.08. The van der Waals surface area contributed by atoms with E-state index in [-0.39, 0.29) is 5.91 Å². The minimum Gasteiger partial charge on any atom is -0.497 e. The molecular weight excluding hydrogens is 230 g/mol. The fraction of sp³-hybridized carbons (Fsp3) is 0.385. The Balaban J connectivity index is 1.87. The summed E-state index contributed by atoms with van der Waals surface area (Å²) in [7, 11) is 1.61. The van der Waals surface area contributed by atoms with E-state index in [1.54, 1.807) is 7.11 Å². The van der Waals surface area contributed by atoms with Crippen LogP contribution in [0.3, 0.4) is 0 Å². The number of fused-ring (bicyclic) bond motifs is 1. The highest BCUT2D eigenvalue weighted by atomic mass is 16.5. The minimum atomic E-state index is -0.124. The van der Waals surface area contributed by atoms with Gasteiger partial charge in [0.2, 0.25) is 0 Å². The van der Waals surface area contributed by atoms with E-state index in [0.717, 1.165) is 23.2 Å². The first kappa shape index (κ1) is 11.1. The number of aromatic amines is 1. The molecule has 5 heteroatoms. The molecule has 1 aliphatic rings. The average molecular weight is 245 g/mol. The van der Waals surface area contributed by atoms with Gasteiger partial charge in [0, 0.05) is 11.9 Å². The largest absolute Gasteiger partial charge is 0.497 e. The van der Waals surface area contributed by atoms with Gasteiger partial charge in [-0.2, -0.15) is 5.10 Å². The molecule has 0 aliphatic heterocycles. The van der Waals surface area contributed by atoms with E-state index < -0.39 is 0 Å². The van der Waals surface area contributed by atoms with Crippen LogP contribution in [0.25, 0.3) is 10.9 Å². The van der Waals surface area contributed by atoms with Gasteiger partial charge < -0.3 is 10.1 Å². The van der Waals surface area contributed by atoms with E-state index in [9.17, 15) is 4.79 Å². The third kappa shape index (κ3) is 2.03. The third-order valence-corrected chi connectivity index (χ3v) is 3.23. The predicted molar refractivity (Wildman–Crippen MR) is 67.7 cm³/mol. The SMILES string of the molecule is COc1ccc2[nH]nc(C(=O)NCC3CC3)c2c1. The van der Waals surface area contributed by atoms with Crippen LogP contribution in [-0.2, 0) is 0 Å². The van der Waals surface area contributed by atoms with Crippen molar-refractivity contribution in [3.63, 3.8) is 0 Å². The molecule has 18 heavy (non-hydrogen) atoms. The number of aromatic nitrogens is 2. The molecule has 1 aromatic carbocycles. The van der Waals surface area contributed by atoms with Crippen LogP contribution in [0.5, 0.6) is 5.75 Å². The maximum absolute atomic E-state index is 12.0. The molecule has 1 aromatic heterocycles. The monoisotopic (exact) mass is 245 g/mol. The molecule has 0 saturated heterocycles. The van der Waals surface area contributed by atoms with Crippen molar-refractivity contribution in [1.29, 1.82) is 0 Å². The number of nitrogens with one attached hydrogen (secondary N) is 2. The maximum Gasteiger partial charge on any atom is 0.272 e. The number of H-pyrrole nitrogens is 1. The summed E-state index contributed by atoms with van der Waals surface area (Å²) in [5, 5.41) is 10.6. The van der Waals surface area contributed by atoms with Gasteiger partial charge in [-0.25, -0.2) is 0 Å². The molecule has 2 aromatic rings. The highest BCUT2D eigenvalue weighted by molar-refractivity contribution is 6.05. The van der Waals surface area contributed by atoms with Crippen LogP contribution >= 0.6 is 0 Å². The van der Waals surface area contributed by atoms with Gasteiger partial charge in [-0.05, 0) is 37.0 Å². The van der Waals surface area contributed by atoms with E-state index in [4.69, 9.17) is 4.74 Å². The van der Waals surface area contributed by atoms with Crippen molar-refractivity contribution in [3.05, 3.63) is 23.9 Å². The van der Waals surface area contributed by atoms with Gasteiger partial charge >= 0.3 is 0 Å². The second-order valence-electron chi connectivity index (χ2n) is 4.64. The molecule has 0 bridgehead atoms. The number of benzene rings is 1. The molecule has 1 saturated carbocycles. The Morgan fingerprint density at radius 2 is 2.39 bits per heavy atom. The molecule has 1 fully saturated rings. The van der Waals surface area contributed by atoms with Crippen molar-refractivity contribution in [2.75, 3.05) is 13.7 Å². The molecule has 1 amide bonds. The van der Waals surface area contributed by atoms with Gasteiger partial charge in [0.1, 0.15) is 5.75 Å². The van der Waals surface area contributed by atoms with Crippen molar-refractivity contribution in [3.8, 4) is 5.75 Å². The van der Waals surface area contributed by atoms with Crippen molar-refractivity contribution in [1.82, 2.24) is 15.5 Å². The number of nitrogens with zero attached hydrogens (tertiary/aromatic N) is 1. The quantitative estimate of drug-likeness (QED) is 0.861. The molecule has 0 atom stereocenters. The lowest BCUT2D eigenvalue weighted by molar-refractivity contribution is 0.0948. The third-order valence-electron chi connectivity index (χ3n) is 3.23. The van der Waals surface area contributed by atoms with Crippen LogP contribution in [0.15, 0.2) is 18.2 Å². The van der Waals surface area contributed by atoms with Gasteiger partial charge in [0.15, 0.2) is 5.69 Å². The van der Waals surface area contributed by atoms with Crippen LogP contribution in [0, 0.1) is 5.92 Å². The molecule has 0 unspecified atom stereocenters. The van der Waals surface area contributed by atoms with Crippen LogP contribution in [0.2, 0.25) is 0 Å². The Bertz CT molecular complexity index is 587. The fourth-order valence-corrected chi connectivity index (χ4v) is 1.94. The first-order valence-corrected chi connectivity index (χ1v) is 6.08. The number of amides is 1. The van der Waals surface area contributed by atoms with E-state index in [0.29, 0.717) is 11.6 Å². The van der Waals surface area contributed by atoms with Gasteiger partial charge in [-0.15, -0.1) is 0 Å². The highest BCUT2D eigenvalue weighted by Crippen LogP contribution is 2.28. The average Bonchev–Trinajstić information content (AvgIpc) is 3.13. The van der Waals surface area contributed by atoms with Crippen LogP contribution < -0.4 is 10.1 Å². The molecule has 0 spiro atoms. The Labute approximate surface area is 105 Å². The minimum absolute atomic E-state index is 0.124. The molecule has 5 nitrogen and oxygen atoms in total. The molecule has 2 N–H and O–H groups in total. The highest BCUT2D eigenvalue weighted by Gasteiger charge is 2.23. The summed E-state index contributed by atoms with van der Waals surface area (Å²) in [6.45, 7) is 0.747. The lowest BCUT2D eigenvalue weighted by atomic mass is 10.2. The summed E-state index contributed by atoms with van der Waals surface area (Å²) in [6.07, 6.45) is 2.44. The Morgan fingerprint density at radius 1 is 1.56 bits per heavy atom. The number of rotatable bonds is 4. The number of ether oxygens (including phenoxy) is 1. The fourth-order valence-electron chi connectivity index (χ4n) is 1.94. The Kier molecular flexibility index (Phi) is 2.66. The van der Waals surface area contributed by atoms with Gasteiger partial charge in [0.25, 0.3) is 5.91 Å². The summed E-state index contributed by atoms with van der Waals surface area (Å²) >= 11 is 0. The number of methoxy groups -OCH3 is 1. The van der Waals surface area contributed by atoms with Crippen molar-refractivity contribution in [2.45, 2.75) is 12.8 Å². The normalized spacial score (nSPS) is 14.7. The van der Waals surface area contributed by atoms with Crippen molar-refractivity contribution < 1.29 is 9.53 Å². The molecule has 1 aliphatic carbocycles. The number of hydrogen-bond acceptors (Lipinski definition) is 3. The van der Waals surface area contributed by atoms with E-state index in [2.05, 4.69) is 15.5 Å². The Morgan fingerprint density at radius 3 is 3.11 bits per heavy atom.